The smallest absolute Gasteiger partial charge is 0.184 e. The van der Waals surface area contributed by atoms with Gasteiger partial charge in [0, 0.05) is 30.6 Å². The number of benzene rings is 1. The van der Waals surface area contributed by atoms with Crippen LogP contribution < -0.4 is 0 Å². The Morgan fingerprint density at radius 1 is 1.00 bits per heavy atom. The van der Waals surface area contributed by atoms with Crippen LogP contribution in [0.2, 0.25) is 0 Å². The largest absolute Gasteiger partial charge is 0.294 e. The lowest BCUT2D eigenvalue weighted by Gasteiger charge is -1.99. The van der Waals surface area contributed by atoms with Gasteiger partial charge in [0.1, 0.15) is 12.0 Å². The Labute approximate surface area is 120 Å². The summed E-state index contributed by atoms with van der Waals surface area (Å²) in [6.07, 6.45) is 4.49. The average Bonchev–Trinajstić information content (AvgIpc) is 2.97. The molecular weight excluding hydrogens is 268 g/mol. The maximum atomic E-state index is 12.2. The van der Waals surface area contributed by atoms with Gasteiger partial charge in [-0.25, -0.2) is 9.97 Å². The van der Waals surface area contributed by atoms with Gasteiger partial charge in [0.05, 0.1) is 11.1 Å². The van der Waals surface area contributed by atoms with Crippen LogP contribution in [0.15, 0.2) is 43.0 Å². The Hall–Kier alpha value is -2.89. The first-order chi connectivity index (χ1) is 10.3. The van der Waals surface area contributed by atoms with E-state index in [9.17, 15) is 9.59 Å². The average molecular weight is 280 g/mol. The minimum atomic E-state index is -0.155. The van der Waals surface area contributed by atoms with Gasteiger partial charge in [-0.1, -0.05) is 18.2 Å². The fraction of sp³-hybridized carbons (Fsp3) is 0.133. The number of hydrogen-bond acceptors (Lipinski definition) is 5. The number of Topliss-reactive ketones (excluding diaryl/α,β-unsaturated/α-hetero) is 2. The van der Waals surface area contributed by atoms with Gasteiger partial charge < -0.3 is 0 Å². The molecule has 0 saturated carbocycles. The molecule has 0 aliphatic heterocycles. The van der Waals surface area contributed by atoms with Crippen LogP contribution in [-0.2, 0) is 0 Å². The molecule has 0 radical (unpaired) electrons. The number of nitrogens with one attached hydrogen (secondary N) is 1. The molecule has 0 saturated heterocycles. The molecule has 1 aromatic carbocycles. The summed E-state index contributed by atoms with van der Waals surface area (Å²) in [5.74, 6) is -0.304. The van der Waals surface area contributed by atoms with Crippen molar-refractivity contribution >= 4 is 22.5 Å². The zero-order valence-corrected chi connectivity index (χ0v) is 11.1. The number of para-hydroxylation sites is 1. The third-order valence-electron chi connectivity index (χ3n) is 3.20. The maximum absolute atomic E-state index is 12.2. The Morgan fingerprint density at radius 3 is 2.52 bits per heavy atom. The number of H-pyrrole nitrogens is 1. The van der Waals surface area contributed by atoms with Crippen LogP contribution in [-0.4, -0.2) is 31.7 Å². The van der Waals surface area contributed by atoms with E-state index in [2.05, 4.69) is 20.2 Å². The van der Waals surface area contributed by atoms with Gasteiger partial charge in [0.25, 0.3) is 0 Å². The molecule has 0 spiro atoms. The quantitative estimate of drug-likeness (QED) is 0.724. The molecule has 2 heterocycles. The van der Waals surface area contributed by atoms with Crippen LogP contribution in [0.1, 0.15) is 33.7 Å². The molecule has 2 aromatic heterocycles. The van der Waals surface area contributed by atoms with Crippen LogP contribution in [0.5, 0.6) is 0 Å². The molecule has 0 fully saturated rings. The van der Waals surface area contributed by atoms with Crippen molar-refractivity contribution in [3.05, 3.63) is 54.2 Å². The number of aromatic nitrogens is 4. The minimum absolute atomic E-state index is 0.114. The molecule has 3 aromatic rings. The van der Waals surface area contributed by atoms with Crippen molar-refractivity contribution in [2.45, 2.75) is 12.8 Å². The van der Waals surface area contributed by atoms with Gasteiger partial charge in [0.2, 0.25) is 0 Å². The molecule has 3 rings (SSSR count). The Morgan fingerprint density at radius 2 is 1.71 bits per heavy atom. The highest BCUT2D eigenvalue weighted by atomic mass is 16.1. The predicted octanol–water partition coefficient (Wildman–Crippen LogP) is 2.20. The summed E-state index contributed by atoms with van der Waals surface area (Å²) in [6, 6.07) is 7.40. The van der Waals surface area contributed by atoms with Crippen molar-refractivity contribution in [1.29, 1.82) is 0 Å². The molecule has 6 heteroatoms. The van der Waals surface area contributed by atoms with Crippen LogP contribution in [0.4, 0.5) is 0 Å². The molecule has 0 unspecified atom stereocenters. The fourth-order valence-corrected chi connectivity index (χ4v) is 2.11. The SMILES string of the molecule is O=C(CCC(=O)c1n[nH]c2ccccc12)c1cncnc1. The van der Waals surface area contributed by atoms with E-state index in [1.807, 2.05) is 24.3 Å². The van der Waals surface area contributed by atoms with Gasteiger partial charge in [-0.2, -0.15) is 5.10 Å². The Bertz CT molecular complexity index is 796. The van der Waals surface area contributed by atoms with Gasteiger partial charge in [-0.05, 0) is 6.07 Å². The predicted molar refractivity (Wildman–Crippen MR) is 76.0 cm³/mol. The van der Waals surface area contributed by atoms with Crippen molar-refractivity contribution in [3.8, 4) is 0 Å². The topological polar surface area (TPSA) is 88.6 Å². The third-order valence-corrected chi connectivity index (χ3v) is 3.20. The monoisotopic (exact) mass is 280 g/mol. The zero-order chi connectivity index (χ0) is 14.7. The Kier molecular flexibility index (Phi) is 3.51. The minimum Gasteiger partial charge on any atom is -0.294 e. The van der Waals surface area contributed by atoms with E-state index in [0.717, 1.165) is 10.9 Å². The van der Waals surface area contributed by atoms with Crippen molar-refractivity contribution < 1.29 is 9.59 Å². The summed E-state index contributed by atoms with van der Waals surface area (Å²) in [7, 11) is 0. The lowest BCUT2D eigenvalue weighted by Crippen LogP contribution is -2.06. The second-order valence-electron chi connectivity index (χ2n) is 4.59. The number of ketones is 2. The van der Waals surface area contributed by atoms with Crippen molar-refractivity contribution in [3.63, 3.8) is 0 Å². The third kappa shape index (κ3) is 2.69. The highest BCUT2D eigenvalue weighted by molar-refractivity contribution is 6.07. The summed E-state index contributed by atoms with van der Waals surface area (Å²) < 4.78 is 0. The highest BCUT2D eigenvalue weighted by Crippen LogP contribution is 2.17. The van der Waals surface area contributed by atoms with E-state index in [1.54, 1.807) is 0 Å². The first-order valence-corrected chi connectivity index (χ1v) is 6.50. The molecule has 104 valence electrons. The van der Waals surface area contributed by atoms with Gasteiger partial charge in [-0.15, -0.1) is 0 Å². The first kappa shape index (κ1) is 13.1. The van der Waals surface area contributed by atoms with Gasteiger partial charge in [-0.3, -0.25) is 14.7 Å². The summed E-state index contributed by atoms with van der Waals surface area (Å²) >= 11 is 0. The summed E-state index contributed by atoms with van der Waals surface area (Å²) in [6.45, 7) is 0. The van der Waals surface area contributed by atoms with Crippen molar-refractivity contribution in [2.24, 2.45) is 0 Å². The molecule has 0 atom stereocenters. The zero-order valence-electron chi connectivity index (χ0n) is 11.1. The number of fused-ring (bicyclic) bond motifs is 1. The number of nitrogens with zero attached hydrogens (tertiary/aromatic N) is 3. The summed E-state index contributed by atoms with van der Waals surface area (Å²) in [5.41, 5.74) is 1.60. The molecule has 6 nitrogen and oxygen atoms in total. The normalized spacial score (nSPS) is 10.7. The van der Waals surface area contributed by atoms with Crippen LogP contribution in [0.3, 0.4) is 0 Å². The molecule has 1 N–H and O–H groups in total. The standard InChI is InChI=1S/C15H12N4O2/c20-13(10-7-16-9-17-8-10)5-6-14(21)15-11-3-1-2-4-12(11)18-19-15/h1-4,7-9H,5-6H2,(H,18,19). The Balaban J connectivity index is 1.71. The van der Waals surface area contributed by atoms with E-state index in [0.29, 0.717) is 11.3 Å². The highest BCUT2D eigenvalue weighted by Gasteiger charge is 2.16. The molecule has 0 amide bonds. The van der Waals surface area contributed by atoms with E-state index in [-0.39, 0.29) is 24.4 Å². The second-order valence-corrected chi connectivity index (χ2v) is 4.59. The fourth-order valence-electron chi connectivity index (χ4n) is 2.11. The van der Waals surface area contributed by atoms with Crippen LogP contribution in [0.25, 0.3) is 10.9 Å². The second kappa shape index (κ2) is 5.62. The van der Waals surface area contributed by atoms with E-state index >= 15 is 0 Å². The van der Waals surface area contributed by atoms with Crippen molar-refractivity contribution in [2.75, 3.05) is 0 Å². The molecule has 0 aliphatic rings. The summed E-state index contributed by atoms with van der Waals surface area (Å²) in [5, 5.41) is 7.62. The molecule has 0 bridgehead atoms. The lowest BCUT2D eigenvalue weighted by atomic mass is 10.0. The maximum Gasteiger partial charge on any atom is 0.184 e. The number of carbonyl (C=O) groups is 2. The van der Waals surface area contributed by atoms with Crippen LogP contribution in [0, 0.1) is 0 Å². The van der Waals surface area contributed by atoms with Crippen LogP contribution >= 0.6 is 0 Å². The van der Waals surface area contributed by atoms with Crippen molar-refractivity contribution in [1.82, 2.24) is 20.2 Å². The van der Waals surface area contributed by atoms with E-state index in [1.165, 1.54) is 18.7 Å². The molecule has 0 aliphatic carbocycles. The molecule has 21 heavy (non-hydrogen) atoms. The summed E-state index contributed by atoms with van der Waals surface area (Å²) in [4.78, 5) is 31.7. The van der Waals surface area contributed by atoms with E-state index in [4.69, 9.17) is 0 Å². The molecular formula is C15H12N4O2. The van der Waals surface area contributed by atoms with Gasteiger partial charge >= 0.3 is 0 Å². The lowest BCUT2D eigenvalue weighted by molar-refractivity contribution is 0.0915. The first-order valence-electron chi connectivity index (χ1n) is 6.50. The number of rotatable bonds is 5. The number of hydrogen-bond donors (Lipinski definition) is 1. The van der Waals surface area contributed by atoms with Gasteiger partial charge in [0.15, 0.2) is 11.6 Å². The van der Waals surface area contributed by atoms with E-state index < -0.39 is 0 Å². The number of aromatic amines is 1. The number of carbonyl (C=O) groups excluding carboxylic acids is 2.